The number of aliphatic hydroxyl groups is 1. The van der Waals surface area contributed by atoms with Crippen LogP contribution in [0.25, 0.3) is 0 Å². The second kappa shape index (κ2) is 10.9. The van der Waals surface area contributed by atoms with Crippen LogP contribution in [0.15, 0.2) is 0 Å². The fourth-order valence-electron chi connectivity index (χ4n) is 8.75. The van der Waals surface area contributed by atoms with Crippen molar-refractivity contribution in [3.63, 3.8) is 0 Å². The van der Waals surface area contributed by atoms with Gasteiger partial charge >= 0.3 is 0 Å². The van der Waals surface area contributed by atoms with Crippen molar-refractivity contribution in [2.24, 2.45) is 40.9 Å². The van der Waals surface area contributed by atoms with Gasteiger partial charge in [-0.15, -0.1) is 0 Å². The molecule has 0 aromatic heterocycles. The molecule has 33 heavy (non-hydrogen) atoms. The lowest BCUT2D eigenvalue weighted by atomic mass is 9.60. The predicted molar refractivity (Wildman–Crippen MR) is 141 cm³/mol. The van der Waals surface area contributed by atoms with E-state index in [0.717, 1.165) is 66.5 Å². The molecule has 2 nitrogen and oxygen atoms in total. The molecule has 4 aliphatic carbocycles. The van der Waals surface area contributed by atoms with Gasteiger partial charge < -0.3 is 5.11 Å². The second-order valence-corrected chi connectivity index (χ2v) is 14.1. The van der Waals surface area contributed by atoms with E-state index in [1.54, 1.807) is 0 Å². The molecule has 0 aliphatic heterocycles. The molecule has 0 aromatic rings. The van der Waals surface area contributed by atoms with Crippen LogP contribution in [-0.2, 0) is 0 Å². The highest BCUT2D eigenvalue weighted by molar-refractivity contribution is 4.97. The van der Waals surface area contributed by atoms with Gasteiger partial charge in [-0.25, -0.2) is 0 Å². The summed E-state index contributed by atoms with van der Waals surface area (Å²) in [7, 11) is 0. The lowest BCUT2D eigenvalue weighted by Crippen LogP contribution is -2.54. The van der Waals surface area contributed by atoms with Crippen LogP contribution in [0.2, 0.25) is 0 Å². The number of hydrogen-bond acceptors (Lipinski definition) is 2. The van der Waals surface area contributed by atoms with E-state index < -0.39 is 0 Å². The first-order valence-electron chi connectivity index (χ1n) is 15.1. The lowest BCUT2D eigenvalue weighted by molar-refractivity contribution is -0.0324. The van der Waals surface area contributed by atoms with Crippen LogP contribution in [0.1, 0.15) is 131 Å². The molecule has 4 fully saturated rings. The Bertz CT molecular complexity index is 574. The quantitative estimate of drug-likeness (QED) is 0.449. The zero-order valence-electron chi connectivity index (χ0n) is 23.1. The summed E-state index contributed by atoms with van der Waals surface area (Å²) in [6.07, 6.45) is 18.9. The Labute approximate surface area is 206 Å². The summed E-state index contributed by atoms with van der Waals surface area (Å²) in [5.41, 5.74) is 0.444. The first-order valence-corrected chi connectivity index (χ1v) is 15.1. The van der Waals surface area contributed by atoms with Crippen LogP contribution in [0.4, 0.5) is 0 Å². The van der Waals surface area contributed by atoms with Gasteiger partial charge in [-0.05, 0) is 131 Å². The molecule has 0 heterocycles. The van der Waals surface area contributed by atoms with Gasteiger partial charge in [0, 0.05) is 18.1 Å². The maximum atomic E-state index is 10.0. The van der Waals surface area contributed by atoms with E-state index in [0.29, 0.717) is 5.41 Å². The van der Waals surface area contributed by atoms with Crippen LogP contribution in [0.5, 0.6) is 0 Å². The Morgan fingerprint density at radius 1 is 0.515 bits per heavy atom. The van der Waals surface area contributed by atoms with E-state index in [1.165, 1.54) is 77.0 Å². The Hall–Kier alpha value is -0.0800. The second-order valence-electron chi connectivity index (χ2n) is 14.1. The fourth-order valence-corrected chi connectivity index (χ4v) is 8.75. The van der Waals surface area contributed by atoms with Crippen molar-refractivity contribution in [2.45, 2.75) is 156 Å². The fraction of sp³-hybridized carbons (Fsp3) is 1.00. The third-order valence-corrected chi connectivity index (χ3v) is 11.9. The average Bonchev–Trinajstić information content (AvgIpc) is 2.79. The van der Waals surface area contributed by atoms with Gasteiger partial charge in [0.25, 0.3) is 0 Å². The van der Waals surface area contributed by atoms with Gasteiger partial charge in [0.15, 0.2) is 0 Å². The normalized spacial score (nSPS) is 45.8. The monoisotopic (exact) mass is 459 g/mol. The first kappa shape index (κ1) is 26.0. The molecule has 4 aliphatic rings. The maximum absolute atomic E-state index is 10.0. The third-order valence-electron chi connectivity index (χ3n) is 11.9. The van der Waals surface area contributed by atoms with Crippen LogP contribution in [0.3, 0.4) is 0 Å². The van der Waals surface area contributed by atoms with E-state index in [1.807, 2.05) is 0 Å². The van der Waals surface area contributed by atoms with E-state index in [4.69, 9.17) is 0 Å². The molecular formula is C31H57NO. The zero-order valence-corrected chi connectivity index (χ0v) is 23.1. The molecular weight excluding hydrogens is 402 g/mol. The Balaban J connectivity index is 1.42. The Morgan fingerprint density at radius 2 is 0.909 bits per heavy atom. The molecule has 6 atom stereocenters. The summed E-state index contributed by atoms with van der Waals surface area (Å²) in [5, 5.41) is 10.0. The largest absolute Gasteiger partial charge is 0.393 e. The molecule has 0 bridgehead atoms. The topological polar surface area (TPSA) is 23.5 Å². The summed E-state index contributed by atoms with van der Waals surface area (Å²) in [5.74, 6) is 5.32. The Morgan fingerprint density at radius 3 is 1.33 bits per heavy atom. The minimum absolute atomic E-state index is 0.0254. The van der Waals surface area contributed by atoms with Crippen LogP contribution < -0.4 is 0 Å². The van der Waals surface area contributed by atoms with Crippen molar-refractivity contribution in [2.75, 3.05) is 0 Å². The number of rotatable bonds is 5. The van der Waals surface area contributed by atoms with E-state index >= 15 is 0 Å². The number of nitrogens with zero attached hydrogens (tertiary/aromatic N) is 1. The molecule has 0 spiro atoms. The molecule has 192 valence electrons. The summed E-state index contributed by atoms with van der Waals surface area (Å²) >= 11 is 0. The molecule has 2 heteroatoms. The summed E-state index contributed by atoms with van der Waals surface area (Å²) < 4.78 is 0. The lowest BCUT2D eigenvalue weighted by Gasteiger charge is -2.53. The number of hydrogen-bond donors (Lipinski definition) is 1. The highest BCUT2D eigenvalue weighted by Crippen LogP contribution is 2.50. The van der Waals surface area contributed by atoms with Crippen LogP contribution >= 0.6 is 0 Å². The molecule has 1 N–H and O–H groups in total. The Kier molecular flexibility index (Phi) is 8.58. The maximum Gasteiger partial charge on any atom is 0.0540 e. The van der Waals surface area contributed by atoms with Gasteiger partial charge in [-0.3, -0.25) is 4.90 Å². The molecule has 4 saturated carbocycles. The molecule has 0 saturated heterocycles. The zero-order chi connectivity index (χ0) is 23.8. The van der Waals surface area contributed by atoms with Crippen LogP contribution in [0, 0.1) is 40.9 Å². The molecule has 6 unspecified atom stereocenters. The van der Waals surface area contributed by atoms with Gasteiger partial charge in [0.2, 0.25) is 0 Å². The van der Waals surface area contributed by atoms with E-state index in [9.17, 15) is 5.11 Å². The summed E-state index contributed by atoms with van der Waals surface area (Å²) in [4.78, 5) is 3.16. The standard InChI is InChI=1S/C31H57NO/c1-21-7-13-28(19-23(21)3)32(29-14-8-22(2)24(4)20-29)27-15-9-25(10-16-27)31(5,6)26-11-17-30(33)18-12-26/h21-30,33H,7-20H2,1-6H3. The van der Waals surface area contributed by atoms with Gasteiger partial charge in [0.05, 0.1) is 6.10 Å². The minimum atomic E-state index is -0.0254. The minimum Gasteiger partial charge on any atom is -0.393 e. The van der Waals surface area contributed by atoms with E-state index in [-0.39, 0.29) is 6.10 Å². The molecule has 4 rings (SSSR count). The van der Waals surface area contributed by atoms with Crippen molar-refractivity contribution >= 4 is 0 Å². The van der Waals surface area contributed by atoms with Crippen molar-refractivity contribution in [1.29, 1.82) is 0 Å². The van der Waals surface area contributed by atoms with Crippen molar-refractivity contribution in [3.8, 4) is 0 Å². The van der Waals surface area contributed by atoms with E-state index in [2.05, 4.69) is 46.4 Å². The number of aliphatic hydroxyl groups excluding tert-OH is 1. The molecule has 0 aromatic carbocycles. The average molecular weight is 460 g/mol. The predicted octanol–water partition coefficient (Wildman–Crippen LogP) is 8.07. The summed E-state index contributed by atoms with van der Waals surface area (Å²) in [6, 6.07) is 2.52. The van der Waals surface area contributed by atoms with Gasteiger partial charge in [0.1, 0.15) is 0 Å². The molecule has 0 amide bonds. The van der Waals surface area contributed by atoms with Crippen molar-refractivity contribution in [1.82, 2.24) is 4.90 Å². The summed E-state index contributed by atoms with van der Waals surface area (Å²) in [6.45, 7) is 15.2. The highest BCUT2D eigenvalue weighted by atomic mass is 16.3. The van der Waals surface area contributed by atoms with Crippen molar-refractivity contribution < 1.29 is 5.11 Å². The highest BCUT2D eigenvalue weighted by Gasteiger charge is 2.44. The third kappa shape index (κ3) is 5.84. The smallest absolute Gasteiger partial charge is 0.0540 e. The van der Waals surface area contributed by atoms with Crippen LogP contribution in [-0.4, -0.2) is 34.2 Å². The SMILES string of the molecule is CC1CCC(N(C2CCC(C(C)(C)C3CCC(O)CC3)CC2)C2CCC(C)C(C)C2)CC1C. The molecule has 0 radical (unpaired) electrons. The first-order chi connectivity index (χ1) is 15.7. The van der Waals surface area contributed by atoms with Crippen molar-refractivity contribution in [3.05, 3.63) is 0 Å². The van der Waals surface area contributed by atoms with Gasteiger partial charge in [-0.1, -0.05) is 41.5 Å². The van der Waals surface area contributed by atoms with Gasteiger partial charge in [-0.2, -0.15) is 0 Å².